The maximum Gasteiger partial charge on any atom is 2.00 e. The van der Waals surface area contributed by atoms with Crippen LogP contribution in [0.5, 0.6) is 11.5 Å². The first kappa shape index (κ1) is 17.5. The number of phosphoric acid groups is 1. The molecule has 20 heavy (non-hydrogen) atoms. The van der Waals surface area contributed by atoms with Crippen molar-refractivity contribution in [3.05, 3.63) is 59.7 Å². The molecule has 0 spiro atoms. The van der Waals surface area contributed by atoms with E-state index in [1.807, 2.05) is 13.8 Å². The summed E-state index contributed by atoms with van der Waals surface area (Å²) in [4.78, 5) is 9.67. The summed E-state index contributed by atoms with van der Waals surface area (Å²) in [5, 5.41) is 0. The average molecular weight is 320 g/mol. The molecule has 2 aromatic carbocycles. The van der Waals surface area contributed by atoms with E-state index in [9.17, 15) is 9.46 Å². The third kappa shape index (κ3) is 5.47. The summed E-state index contributed by atoms with van der Waals surface area (Å²) in [6.45, 7) is 3.84. The topological polar surface area (TPSA) is 55.8 Å². The zero-order chi connectivity index (χ0) is 13.9. The van der Waals surface area contributed by atoms with Gasteiger partial charge in [-0.25, -0.2) is 4.57 Å². The fourth-order valence-corrected chi connectivity index (χ4v) is 2.30. The van der Waals surface area contributed by atoms with Crippen LogP contribution >= 0.6 is 7.82 Å². The van der Waals surface area contributed by atoms with E-state index in [0.717, 1.165) is 11.1 Å². The maximum absolute atomic E-state index is 11.8. The van der Waals surface area contributed by atoms with Crippen LogP contribution in [0.1, 0.15) is 14.0 Å². The fourth-order valence-electron chi connectivity index (χ4n) is 1.48. The molecule has 6 heteroatoms. The summed E-state index contributed by atoms with van der Waals surface area (Å²) < 4.78 is 21.8. The fraction of sp³-hybridized carbons (Fsp3) is 0.143. The molecular formula is C14H17CaO4P. The maximum atomic E-state index is 11.8. The van der Waals surface area contributed by atoms with Crippen LogP contribution in [0.15, 0.2) is 48.5 Å². The molecule has 0 unspecified atom stereocenters. The van der Waals surface area contributed by atoms with Gasteiger partial charge < -0.3 is 11.9 Å². The summed E-state index contributed by atoms with van der Waals surface area (Å²) in [6, 6.07) is 13.7. The SMILES string of the molecule is Cc1ccc(OP(=O)(O)Oc2ccc(C)cc2)cc1.[Ca+2].[H-].[H-]. The Morgan fingerprint density at radius 3 is 1.45 bits per heavy atom. The van der Waals surface area contributed by atoms with Gasteiger partial charge in [-0.3, -0.25) is 4.89 Å². The first-order valence-electron chi connectivity index (χ1n) is 5.80. The normalized spacial score (nSPS) is 10.6. The summed E-state index contributed by atoms with van der Waals surface area (Å²) in [7, 11) is -4.17. The van der Waals surface area contributed by atoms with Crippen molar-refractivity contribution < 1.29 is 21.4 Å². The van der Waals surface area contributed by atoms with Gasteiger partial charge in [0, 0.05) is 0 Å². The van der Waals surface area contributed by atoms with Gasteiger partial charge in [-0.05, 0) is 38.1 Å². The minimum absolute atomic E-state index is 0. The molecular weight excluding hydrogens is 303 g/mol. The van der Waals surface area contributed by atoms with Gasteiger partial charge in [0.2, 0.25) is 0 Å². The van der Waals surface area contributed by atoms with Crippen LogP contribution in [0, 0.1) is 13.8 Å². The number of phosphoric ester groups is 1. The van der Waals surface area contributed by atoms with Gasteiger partial charge in [0.05, 0.1) is 0 Å². The Bertz CT molecular complexity index is 554. The number of hydrogen-bond donors (Lipinski definition) is 1. The van der Waals surface area contributed by atoms with Crippen molar-refractivity contribution in [2.45, 2.75) is 13.8 Å². The summed E-state index contributed by atoms with van der Waals surface area (Å²) in [5.74, 6) is 0.590. The smallest absolute Gasteiger partial charge is 1.00 e. The summed E-state index contributed by atoms with van der Waals surface area (Å²) in [5.41, 5.74) is 2.08. The van der Waals surface area contributed by atoms with Crippen LogP contribution in [-0.4, -0.2) is 42.6 Å². The molecule has 0 saturated carbocycles. The molecule has 0 aliphatic rings. The van der Waals surface area contributed by atoms with Gasteiger partial charge in [-0.15, -0.1) is 0 Å². The minimum atomic E-state index is -4.17. The third-order valence-electron chi connectivity index (χ3n) is 2.48. The first-order chi connectivity index (χ1) is 8.94. The van der Waals surface area contributed by atoms with Crippen molar-refractivity contribution in [1.82, 2.24) is 0 Å². The zero-order valence-electron chi connectivity index (χ0n) is 13.4. The molecule has 0 atom stereocenters. The number of aryl methyl sites for hydroxylation is 2. The summed E-state index contributed by atoms with van der Waals surface area (Å²) >= 11 is 0. The second-order valence-corrected chi connectivity index (χ2v) is 5.58. The molecule has 2 rings (SSSR count). The molecule has 104 valence electrons. The van der Waals surface area contributed by atoms with Gasteiger partial charge in [0.25, 0.3) is 0 Å². The van der Waals surface area contributed by atoms with Gasteiger partial charge >= 0.3 is 45.6 Å². The molecule has 0 bridgehead atoms. The minimum Gasteiger partial charge on any atom is -1.00 e. The van der Waals surface area contributed by atoms with E-state index in [1.165, 1.54) is 0 Å². The van der Waals surface area contributed by atoms with Gasteiger partial charge in [-0.1, -0.05) is 35.4 Å². The Morgan fingerprint density at radius 1 is 0.850 bits per heavy atom. The second-order valence-electron chi connectivity index (χ2n) is 4.28. The van der Waals surface area contributed by atoms with Gasteiger partial charge in [0.1, 0.15) is 11.5 Å². The second kappa shape index (κ2) is 7.48. The van der Waals surface area contributed by atoms with Crippen molar-refractivity contribution >= 4 is 45.6 Å². The van der Waals surface area contributed by atoms with Crippen LogP contribution < -0.4 is 9.05 Å². The monoisotopic (exact) mass is 320 g/mol. The number of hydrogen-bond acceptors (Lipinski definition) is 3. The molecule has 1 N–H and O–H groups in total. The van der Waals surface area contributed by atoms with E-state index in [2.05, 4.69) is 0 Å². The molecule has 0 aromatic heterocycles. The van der Waals surface area contributed by atoms with Crippen LogP contribution in [0.3, 0.4) is 0 Å². The van der Waals surface area contributed by atoms with Crippen molar-refractivity contribution in [2.24, 2.45) is 0 Å². The van der Waals surface area contributed by atoms with Gasteiger partial charge in [0.15, 0.2) is 0 Å². The molecule has 0 radical (unpaired) electrons. The largest absolute Gasteiger partial charge is 2.00 e. The summed E-state index contributed by atoms with van der Waals surface area (Å²) in [6.07, 6.45) is 0. The molecule has 0 aliphatic heterocycles. The van der Waals surface area contributed by atoms with E-state index < -0.39 is 7.82 Å². The van der Waals surface area contributed by atoms with Crippen molar-refractivity contribution in [1.29, 1.82) is 0 Å². The predicted molar refractivity (Wildman–Crippen MR) is 81.4 cm³/mol. The van der Waals surface area contributed by atoms with Crippen LogP contribution in [0.2, 0.25) is 0 Å². The van der Waals surface area contributed by atoms with Gasteiger partial charge in [-0.2, -0.15) is 0 Å². The number of benzene rings is 2. The number of rotatable bonds is 4. The van der Waals surface area contributed by atoms with Crippen LogP contribution in [0.4, 0.5) is 0 Å². The van der Waals surface area contributed by atoms with Crippen LogP contribution in [0.25, 0.3) is 0 Å². The van der Waals surface area contributed by atoms with E-state index in [1.54, 1.807) is 48.5 Å². The van der Waals surface area contributed by atoms with Crippen molar-refractivity contribution in [3.8, 4) is 11.5 Å². The molecule has 2 aromatic rings. The predicted octanol–water partition coefficient (Wildman–Crippen LogP) is 3.71. The van der Waals surface area contributed by atoms with E-state index in [-0.39, 0.29) is 40.6 Å². The molecule has 0 aliphatic carbocycles. The van der Waals surface area contributed by atoms with Crippen molar-refractivity contribution in [2.75, 3.05) is 0 Å². The molecule has 0 amide bonds. The van der Waals surface area contributed by atoms with E-state index in [0.29, 0.717) is 11.5 Å². The first-order valence-corrected chi connectivity index (χ1v) is 7.29. The Balaban J connectivity index is 0. The third-order valence-corrected chi connectivity index (χ3v) is 3.37. The quantitative estimate of drug-likeness (QED) is 0.689. The molecule has 4 nitrogen and oxygen atoms in total. The standard InChI is InChI=1S/C14H15O4P.Ca.2H/c1-11-3-7-13(8-4-11)17-19(15,16)18-14-9-5-12(2)6-10-14;;;/h3-10H,1-2H3,(H,15,16);;;/q;+2;2*-1. The Labute approximate surface area is 151 Å². The van der Waals surface area contributed by atoms with E-state index >= 15 is 0 Å². The molecule has 0 heterocycles. The van der Waals surface area contributed by atoms with Crippen molar-refractivity contribution in [3.63, 3.8) is 0 Å². The Morgan fingerprint density at radius 2 is 1.15 bits per heavy atom. The van der Waals surface area contributed by atoms with Crippen LogP contribution in [-0.2, 0) is 4.57 Å². The Kier molecular flexibility index (Phi) is 6.56. The zero-order valence-corrected chi connectivity index (χ0v) is 14.5. The average Bonchev–Trinajstić information content (AvgIpc) is 2.34. The van der Waals surface area contributed by atoms with E-state index in [4.69, 9.17) is 9.05 Å². The molecule has 0 fully saturated rings. The molecule has 0 saturated heterocycles. The Hall–Kier alpha value is -0.510.